The van der Waals surface area contributed by atoms with Crippen molar-refractivity contribution in [2.45, 2.75) is 19.3 Å². The highest BCUT2D eigenvalue weighted by atomic mass is 32.1. The van der Waals surface area contributed by atoms with Gasteiger partial charge in [0.05, 0.1) is 0 Å². The second-order valence-corrected chi connectivity index (χ2v) is 5.06. The van der Waals surface area contributed by atoms with Gasteiger partial charge in [0.25, 0.3) is 0 Å². The third-order valence-corrected chi connectivity index (χ3v) is 3.32. The van der Waals surface area contributed by atoms with Gasteiger partial charge < -0.3 is 9.80 Å². The smallest absolute Gasteiger partial charge is 0.00193 e. The van der Waals surface area contributed by atoms with E-state index in [1.807, 2.05) is 0 Å². The van der Waals surface area contributed by atoms with Crippen molar-refractivity contribution in [2.75, 3.05) is 46.0 Å². The first-order valence-electron chi connectivity index (χ1n) is 5.70. The predicted molar refractivity (Wildman–Crippen MR) is 66.2 cm³/mol. The molecule has 1 rings (SSSR count). The number of rotatable bonds is 6. The molecule has 0 aromatic rings. The minimum atomic E-state index is 0.904. The Balaban J connectivity index is 2.05. The van der Waals surface area contributed by atoms with Gasteiger partial charge in [-0.3, -0.25) is 0 Å². The molecule has 1 aliphatic heterocycles. The van der Waals surface area contributed by atoms with Crippen LogP contribution in [0.1, 0.15) is 19.3 Å². The molecule has 3 heteroatoms. The first-order valence-corrected chi connectivity index (χ1v) is 6.33. The third-order valence-electron chi connectivity index (χ3n) is 3.01. The molecule has 0 spiro atoms. The van der Waals surface area contributed by atoms with Crippen LogP contribution < -0.4 is 0 Å². The zero-order valence-electron chi connectivity index (χ0n) is 9.58. The average molecular weight is 216 g/mol. The van der Waals surface area contributed by atoms with Crippen LogP contribution in [0.2, 0.25) is 0 Å². The van der Waals surface area contributed by atoms with Crippen molar-refractivity contribution in [3.05, 3.63) is 0 Å². The molecule has 1 unspecified atom stereocenters. The minimum absolute atomic E-state index is 0.904. The lowest BCUT2D eigenvalue weighted by molar-refractivity contribution is 0.270. The second-order valence-electron chi connectivity index (χ2n) is 4.61. The molecular formula is C11H24N2S. The molecule has 0 aromatic carbocycles. The summed E-state index contributed by atoms with van der Waals surface area (Å²) < 4.78 is 0. The van der Waals surface area contributed by atoms with Crippen molar-refractivity contribution in [1.29, 1.82) is 0 Å². The molecule has 1 heterocycles. The van der Waals surface area contributed by atoms with E-state index >= 15 is 0 Å². The van der Waals surface area contributed by atoms with E-state index in [-0.39, 0.29) is 0 Å². The average Bonchev–Trinajstić information content (AvgIpc) is 2.52. The van der Waals surface area contributed by atoms with Crippen LogP contribution in [-0.4, -0.2) is 55.8 Å². The number of thiol groups is 1. The molecule has 0 radical (unpaired) electrons. The lowest BCUT2D eigenvalue weighted by atomic mass is 10.1. The Hall–Kier alpha value is 0.270. The Bertz CT molecular complexity index is 152. The van der Waals surface area contributed by atoms with E-state index in [1.54, 1.807) is 0 Å². The Kier molecular flexibility index (Phi) is 5.90. The van der Waals surface area contributed by atoms with Crippen LogP contribution in [-0.2, 0) is 0 Å². The van der Waals surface area contributed by atoms with E-state index in [1.165, 1.54) is 45.4 Å². The maximum absolute atomic E-state index is 4.23. The van der Waals surface area contributed by atoms with Crippen LogP contribution in [0.3, 0.4) is 0 Å². The van der Waals surface area contributed by atoms with Crippen LogP contribution in [0, 0.1) is 5.92 Å². The summed E-state index contributed by atoms with van der Waals surface area (Å²) in [6.07, 6.45) is 3.92. The molecule has 0 saturated carbocycles. The highest BCUT2D eigenvalue weighted by Crippen LogP contribution is 2.15. The van der Waals surface area contributed by atoms with Gasteiger partial charge in [0.1, 0.15) is 0 Å². The van der Waals surface area contributed by atoms with Crippen molar-refractivity contribution in [3.63, 3.8) is 0 Å². The van der Waals surface area contributed by atoms with Gasteiger partial charge in [0.15, 0.2) is 0 Å². The van der Waals surface area contributed by atoms with E-state index in [0.29, 0.717) is 0 Å². The maximum atomic E-state index is 4.23. The molecule has 0 aromatic heterocycles. The first-order chi connectivity index (χ1) is 6.72. The monoisotopic (exact) mass is 216 g/mol. The van der Waals surface area contributed by atoms with Gasteiger partial charge in [-0.1, -0.05) is 0 Å². The quantitative estimate of drug-likeness (QED) is 0.532. The van der Waals surface area contributed by atoms with Crippen LogP contribution in [0.15, 0.2) is 0 Å². The molecular weight excluding hydrogens is 192 g/mol. The Morgan fingerprint density at radius 2 is 2.21 bits per heavy atom. The molecule has 0 amide bonds. The zero-order chi connectivity index (χ0) is 10.4. The van der Waals surface area contributed by atoms with Gasteiger partial charge in [-0.25, -0.2) is 0 Å². The lowest BCUT2D eigenvalue weighted by Gasteiger charge is -2.20. The predicted octanol–water partition coefficient (Wildman–Crippen LogP) is 1.58. The molecule has 84 valence electrons. The van der Waals surface area contributed by atoms with Gasteiger partial charge in [0.2, 0.25) is 0 Å². The number of hydrogen-bond acceptors (Lipinski definition) is 3. The van der Waals surface area contributed by atoms with Crippen molar-refractivity contribution >= 4 is 12.6 Å². The second kappa shape index (κ2) is 6.70. The molecule has 14 heavy (non-hydrogen) atoms. The number of likely N-dealkylation sites (tertiary alicyclic amines) is 1. The van der Waals surface area contributed by atoms with Gasteiger partial charge in [-0.15, -0.1) is 0 Å². The summed E-state index contributed by atoms with van der Waals surface area (Å²) >= 11 is 4.23. The summed E-state index contributed by atoms with van der Waals surface area (Å²) in [7, 11) is 4.47. The third kappa shape index (κ3) is 4.67. The highest BCUT2D eigenvalue weighted by molar-refractivity contribution is 7.80. The van der Waals surface area contributed by atoms with Crippen molar-refractivity contribution in [2.24, 2.45) is 5.92 Å². The summed E-state index contributed by atoms with van der Waals surface area (Å²) in [6.45, 7) is 5.09. The van der Waals surface area contributed by atoms with Gasteiger partial charge in [0, 0.05) is 13.1 Å². The van der Waals surface area contributed by atoms with Crippen LogP contribution >= 0.6 is 12.6 Å². The topological polar surface area (TPSA) is 6.48 Å². The Morgan fingerprint density at radius 1 is 1.43 bits per heavy atom. The Morgan fingerprint density at radius 3 is 2.79 bits per heavy atom. The van der Waals surface area contributed by atoms with E-state index in [4.69, 9.17) is 0 Å². The largest absolute Gasteiger partial charge is 0.306 e. The molecule has 1 aliphatic rings. The molecule has 2 nitrogen and oxygen atoms in total. The summed E-state index contributed by atoms with van der Waals surface area (Å²) in [5, 5.41) is 0. The van der Waals surface area contributed by atoms with E-state index < -0.39 is 0 Å². The van der Waals surface area contributed by atoms with Gasteiger partial charge in [-0.2, -0.15) is 12.6 Å². The van der Waals surface area contributed by atoms with Crippen molar-refractivity contribution in [1.82, 2.24) is 9.80 Å². The van der Waals surface area contributed by atoms with Gasteiger partial charge in [-0.05, 0) is 58.1 Å². The van der Waals surface area contributed by atoms with Crippen LogP contribution in [0.25, 0.3) is 0 Å². The van der Waals surface area contributed by atoms with Crippen molar-refractivity contribution < 1.29 is 0 Å². The molecule has 1 atom stereocenters. The maximum Gasteiger partial charge on any atom is 0.00193 e. The number of unbranched alkanes of at least 4 members (excludes halogenated alkanes) is 1. The molecule has 1 fully saturated rings. The summed E-state index contributed by atoms with van der Waals surface area (Å²) in [4.78, 5) is 4.92. The molecule has 1 saturated heterocycles. The van der Waals surface area contributed by atoms with E-state index in [0.717, 1.165) is 11.7 Å². The van der Waals surface area contributed by atoms with E-state index in [9.17, 15) is 0 Å². The molecule has 0 bridgehead atoms. The minimum Gasteiger partial charge on any atom is -0.306 e. The number of nitrogens with zero attached hydrogens (tertiary/aromatic N) is 2. The fraction of sp³-hybridized carbons (Fsp3) is 1.00. The summed E-state index contributed by atoms with van der Waals surface area (Å²) in [5.41, 5.74) is 0. The SMILES string of the molecule is CN(CCCCS)CC1CCN(C)C1. The van der Waals surface area contributed by atoms with Crippen LogP contribution in [0.4, 0.5) is 0 Å². The Labute approximate surface area is 94.1 Å². The standard InChI is InChI=1S/C11H24N2S/c1-12(6-3-4-8-14)9-11-5-7-13(2)10-11/h11,14H,3-10H2,1-2H3. The summed E-state index contributed by atoms with van der Waals surface area (Å²) in [6, 6.07) is 0. The first kappa shape index (κ1) is 12.3. The lowest BCUT2D eigenvalue weighted by Crippen LogP contribution is -2.28. The van der Waals surface area contributed by atoms with Gasteiger partial charge >= 0.3 is 0 Å². The van der Waals surface area contributed by atoms with E-state index in [2.05, 4.69) is 36.5 Å². The highest BCUT2D eigenvalue weighted by Gasteiger charge is 2.20. The molecule has 0 aliphatic carbocycles. The molecule has 0 N–H and O–H groups in total. The summed E-state index contributed by atoms with van der Waals surface area (Å²) in [5.74, 6) is 1.93. The number of hydrogen-bond donors (Lipinski definition) is 1. The normalized spacial score (nSPS) is 23.6. The van der Waals surface area contributed by atoms with Crippen LogP contribution in [0.5, 0.6) is 0 Å². The fourth-order valence-corrected chi connectivity index (χ4v) is 2.42. The zero-order valence-corrected chi connectivity index (χ0v) is 10.5. The van der Waals surface area contributed by atoms with Crippen molar-refractivity contribution in [3.8, 4) is 0 Å². The fourth-order valence-electron chi connectivity index (χ4n) is 2.20.